The van der Waals surface area contributed by atoms with Gasteiger partial charge in [-0.05, 0) is 67.7 Å². The number of aryl methyl sites for hydroxylation is 1. The second-order valence-corrected chi connectivity index (χ2v) is 8.51. The average molecular weight is 442 g/mol. The molecule has 0 saturated carbocycles. The maximum atomic E-state index is 12.5. The molecule has 1 saturated heterocycles. The second kappa shape index (κ2) is 8.93. The van der Waals surface area contributed by atoms with Gasteiger partial charge in [0.25, 0.3) is 5.91 Å². The number of morpholine rings is 1. The van der Waals surface area contributed by atoms with Gasteiger partial charge in [-0.1, -0.05) is 0 Å². The van der Waals surface area contributed by atoms with E-state index in [2.05, 4.69) is 21.2 Å². The summed E-state index contributed by atoms with van der Waals surface area (Å²) in [4.78, 5) is 26.5. The van der Waals surface area contributed by atoms with Crippen molar-refractivity contribution in [3.8, 4) is 0 Å². The lowest BCUT2D eigenvalue weighted by atomic mass is 10.1. The highest BCUT2D eigenvalue weighted by Crippen LogP contribution is 2.25. The molecular weight excluding hydrogens is 414 g/mol. The molecule has 0 radical (unpaired) electrons. The fourth-order valence-corrected chi connectivity index (χ4v) is 3.42. The van der Waals surface area contributed by atoms with Gasteiger partial charge < -0.3 is 25.4 Å². The van der Waals surface area contributed by atoms with Crippen molar-refractivity contribution in [2.24, 2.45) is 0 Å². The highest BCUT2D eigenvalue weighted by Gasteiger charge is 2.30. The van der Waals surface area contributed by atoms with Crippen molar-refractivity contribution in [2.45, 2.75) is 45.8 Å². The van der Waals surface area contributed by atoms with E-state index in [9.17, 15) is 9.59 Å². The van der Waals surface area contributed by atoms with Crippen molar-refractivity contribution in [3.63, 3.8) is 0 Å². The van der Waals surface area contributed by atoms with Crippen molar-refractivity contribution < 1.29 is 19.1 Å². The number of nitrogens with zero attached hydrogens (tertiary/aromatic N) is 1. The van der Waals surface area contributed by atoms with Crippen LogP contribution < -0.4 is 11.1 Å². The highest BCUT2D eigenvalue weighted by molar-refractivity contribution is 9.10. The van der Waals surface area contributed by atoms with E-state index in [0.717, 1.165) is 5.56 Å². The van der Waals surface area contributed by atoms with Crippen molar-refractivity contribution in [1.29, 1.82) is 0 Å². The van der Waals surface area contributed by atoms with E-state index >= 15 is 0 Å². The summed E-state index contributed by atoms with van der Waals surface area (Å²) in [5, 5.41) is 2.88. The predicted octanol–water partition coefficient (Wildman–Crippen LogP) is 3.10. The first-order chi connectivity index (χ1) is 12.6. The van der Waals surface area contributed by atoms with Crippen molar-refractivity contribution >= 4 is 33.6 Å². The molecule has 1 aliphatic heterocycles. The molecule has 2 rings (SSSR count). The topological polar surface area (TPSA) is 93.9 Å². The van der Waals surface area contributed by atoms with Crippen LogP contribution in [0.15, 0.2) is 16.6 Å². The number of anilines is 1. The molecule has 1 aliphatic rings. The van der Waals surface area contributed by atoms with Crippen LogP contribution in [-0.4, -0.2) is 54.8 Å². The van der Waals surface area contributed by atoms with E-state index < -0.39 is 5.60 Å². The van der Waals surface area contributed by atoms with Crippen molar-refractivity contribution in [1.82, 2.24) is 10.2 Å². The number of benzene rings is 1. The standard InChI is InChI=1S/C19H28BrN3O4/c1-12-9-14(16(21)15(20)10-12)17(24)22-6-5-13-11-26-8-7-23(13)18(25)27-19(2,3)4/h9-10,13H,5-8,11,21H2,1-4H3,(H,22,24). The van der Waals surface area contributed by atoms with Gasteiger partial charge in [0.1, 0.15) is 5.60 Å². The Morgan fingerprint density at radius 1 is 1.41 bits per heavy atom. The Kier molecular flexibility index (Phi) is 7.11. The molecule has 1 unspecified atom stereocenters. The number of carbonyl (C=O) groups is 2. The summed E-state index contributed by atoms with van der Waals surface area (Å²) in [7, 11) is 0. The van der Waals surface area contributed by atoms with Gasteiger partial charge in [0, 0.05) is 17.6 Å². The first-order valence-electron chi connectivity index (χ1n) is 8.99. The molecule has 8 heteroatoms. The summed E-state index contributed by atoms with van der Waals surface area (Å²) in [5.74, 6) is -0.238. The van der Waals surface area contributed by atoms with Crippen LogP contribution in [0.4, 0.5) is 10.5 Å². The Morgan fingerprint density at radius 2 is 2.11 bits per heavy atom. The molecule has 27 heavy (non-hydrogen) atoms. The molecule has 0 bridgehead atoms. The van der Waals surface area contributed by atoms with Crippen LogP contribution in [0.5, 0.6) is 0 Å². The van der Waals surface area contributed by atoms with Crippen LogP contribution in [0, 0.1) is 6.92 Å². The summed E-state index contributed by atoms with van der Waals surface area (Å²) in [6.07, 6.45) is 0.215. The third kappa shape index (κ3) is 6.10. The molecule has 7 nitrogen and oxygen atoms in total. The van der Waals surface area contributed by atoms with Gasteiger partial charge in [-0.25, -0.2) is 4.79 Å². The van der Waals surface area contributed by atoms with Gasteiger partial charge >= 0.3 is 6.09 Å². The molecule has 1 fully saturated rings. The molecule has 1 aromatic rings. The van der Waals surface area contributed by atoms with Gasteiger partial charge in [-0.2, -0.15) is 0 Å². The Bertz CT molecular complexity index is 703. The molecular formula is C19H28BrN3O4. The van der Waals surface area contributed by atoms with Gasteiger partial charge in [0.05, 0.1) is 30.5 Å². The maximum Gasteiger partial charge on any atom is 0.410 e. The Balaban J connectivity index is 1.94. The fraction of sp³-hybridized carbons (Fsp3) is 0.579. The number of carbonyl (C=O) groups excluding carboxylic acids is 2. The lowest BCUT2D eigenvalue weighted by Gasteiger charge is -2.36. The highest BCUT2D eigenvalue weighted by atomic mass is 79.9. The number of hydrogen-bond donors (Lipinski definition) is 2. The number of ether oxygens (including phenoxy) is 2. The number of rotatable bonds is 4. The van der Waals surface area contributed by atoms with E-state index in [1.165, 1.54) is 0 Å². The zero-order valence-electron chi connectivity index (χ0n) is 16.3. The fourth-order valence-electron chi connectivity index (χ4n) is 2.84. The van der Waals surface area contributed by atoms with E-state index in [1.54, 1.807) is 11.0 Å². The number of hydrogen-bond acceptors (Lipinski definition) is 5. The smallest absolute Gasteiger partial charge is 0.410 e. The first-order valence-corrected chi connectivity index (χ1v) is 9.79. The normalized spacial score (nSPS) is 17.5. The van der Waals surface area contributed by atoms with Gasteiger partial charge in [-0.3, -0.25) is 4.79 Å². The van der Waals surface area contributed by atoms with Gasteiger partial charge in [0.2, 0.25) is 0 Å². The van der Waals surface area contributed by atoms with Gasteiger partial charge in [0.15, 0.2) is 0 Å². The quantitative estimate of drug-likeness (QED) is 0.699. The molecule has 3 N–H and O–H groups in total. The minimum absolute atomic E-state index is 0.143. The zero-order chi connectivity index (χ0) is 20.2. The van der Waals surface area contributed by atoms with Crippen LogP contribution >= 0.6 is 15.9 Å². The van der Waals surface area contributed by atoms with Crippen LogP contribution in [-0.2, 0) is 9.47 Å². The van der Waals surface area contributed by atoms with Crippen molar-refractivity contribution in [3.05, 3.63) is 27.7 Å². The number of halogens is 1. The summed E-state index contributed by atoms with van der Waals surface area (Å²) in [5.41, 5.74) is 7.23. The van der Waals surface area contributed by atoms with Crippen LogP contribution in [0.25, 0.3) is 0 Å². The second-order valence-electron chi connectivity index (χ2n) is 7.66. The maximum absolute atomic E-state index is 12.5. The minimum atomic E-state index is -0.551. The predicted molar refractivity (Wildman–Crippen MR) is 108 cm³/mol. The summed E-state index contributed by atoms with van der Waals surface area (Å²) < 4.78 is 11.7. The summed E-state index contributed by atoms with van der Waals surface area (Å²) in [6, 6.07) is 3.48. The van der Waals surface area contributed by atoms with E-state index in [-0.39, 0.29) is 18.0 Å². The van der Waals surface area contributed by atoms with Crippen LogP contribution in [0.2, 0.25) is 0 Å². The van der Waals surface area contributed by atoms with Crippen LogP contribution in [0.1, 0.15) is 43.1 Å². The van der Waals surface area contributed by atoms with Crippen molar-refractivity contribution in [2.75, 3.05) is 32.0 Å². The molecule has 1 aromatic carbocycles. The lowest BCUT2D eigenvalue weighted by molar-refractivity contribution is -0.0336. The van der Waals surface area contributed by atoms with E-state index in [4.69, 9.17) is 15.2 Å². The Hall–Kier alpha value is -1.80. The first kappa shape index (κ1) is 21.5. The third-order valence-electron chi connectivity index (χ3n) is 4.14. The number of amides is 2. The molecule has 1 atom stereocenters. The Morgan fingerprint density at radius 3 is 2.78 bits per heavy atom. The molecule has 0 aliphatic carbocycles. The average Bonchev–Trinajstić information content (AvgIpc) is 2.56. The summed E-state index contributed by atoms with van der Waals surface area (Å²) >= 11 is 3.36. The number of nitrogen functional groups attached to an aromatic ring is 1. The number of nitrogens with two attached hydrogens (primary N) is 1. The SMILES string of the molecule is Cc1cc(Br)c(N)c(C(=O)NCCC2COCCN2C(=O)OC(C)(C)C)c1. The van der Waals surface area contributed by atoms with E-state index in [0.29, 0.717) is 48.4 Å². The van der Waals surface area contributed by atoms with E-state index in [1.807, 2.05) is 33.8 Å². The molecule has 0 aromatic heterocycles. The van der Waals surface area contributed by atoms with Gasteiger partial charge in [-0.15, -0.1) is 0 Å². The zero-order valence-corrected chi connectivity index (χ0v) is 17.9. The summed E-state index contributed by atoms with van der Waals surface area (Å²) in [6.45, 7) is 9.20. The molecule has 150 valence electrons. The lowest BCUT2D eigenvalue weighted by Crippen LogP contribution is -2.51. The Labute approximate surface area is 168 Å². The minimum Gasteiger partial charge on any atom is -0.444 e. The molecule has 1 heterocycles. The monoisotopic (exact) mass is 441 g/mol. The molecule has 2 amide bonds. The third-order valence-corrected chi connectivity index (χ3v) is 4.79. The largest absolute Gasteiger partial charge is 0.444 e. The van der Waals surface area contributed by atoms with Crippen LogP contribution in [0.3, 0.4) is 0 Å². The molecule has 0 spiro atoms. The number of nitrogens with one attached hydrogen (secondary N) is 1.